The number of halogens is 2. The van der Waals surface area contributed by atoms with E-state index in [0.29, 0.717) is 23.0 Å². The standard InChI is InChI=1S/C15H16ClFN2O/c1-2-7-20-15-9-14(13(18)8-12(15)17)19-11-5-3-10(16)4-6-11/h3-6,8-9,19H,2,7,18H2,1H3. The molecule has 3 nitrogen and oxygen atoms in total. The van der Waals surface area contributed by atoms with Crippen LogP contribution in [0.3, 0.4) is 0 Å². The number of rotatable bonds is 5. The van der Waals surface area contributed by atoms with Crippen LogP contribution in [0, 0.1) is 5.82 Å². The highest BCUT2D eigenvalue weighted by molar-refractivity contribution is 6.30. The normalized spacial score (nSPS) is 10.3. The summed E-state index contributed by atoms with van der Waals surface area (Å²) >= 11 is 5.83. The zero-order valence-electron chi connectivity index (χ0n) is 11.1. The Morgan fingerprint density at radius 2 is 1.95 bits per heavy atom. The fourth-order valence-electron chi connectivity index (χ4n) is 1.69. The van der Waals surface area contributed by atoms with Crippen molar-refractivity contribution in [1.29, 1.82) is 0 Å². The van der Waals surface area contributed by atoms with E-state index >= 15 is 0 Å². The zero-order valence-corrected chi connectivity index (χ0v) is 11.9. The number of hydrogen-bond acceptors (Lipinski definition) is 3. The van der Waals surface area contributed by atoms with Crippen molar-refractivity contribution in [3.63, 3.8) is 0 Å². The van der Waals surface area contributed by atoms with E-state index in [4.69, 9.17) is 22.1 Å². The molecule has 0 aromatic heterocycles. The Balaban J connectivity index is 2.24. The van der Waals surface area contributed by atoms with Crippen LogP contribution in [-0.4, -0.2) is 6.61 Å². The molecule has 2 aromatic rings. The molecule has 0 fully saturated rings. The molecule has 3 N–H and O–H groups in total. The van der Waals surface area contributed by atoms with Crippen molar-refractivity contribution in [3.05, 3.63) is 47.2 Å². The highest BCUT2D eigenvalue weighted by Gasteiger charge is 2.09. The lowest BCUT2D eigenvalue weighted by atomic mass is 10.2. The summed E-state index contributed by atoms with van der Waals surface area (Å²) in [6.07, 6.45) is 0.809. The quantitative estimate of drug-likeness (QED) is 0.793. The van der Waals surface area contributed by atoms with Crippen LogP contribution < -0.4 is 15.8 Å². The van der Waals surface area contributed by atoms with Crippen LogP contribution >= 0.6 is 11.6 Å². The van der Waals surface area contributed by atoms with Gasteiger partial charge in [0.1, 0.15) is 0 Å². The molecule has 0 aliphatic heterocycles. The molecule has 0 unspecified atom stereocenters. The molecule has 0 atom stereocenters. The van der Waals surface area contributed by atoms with Crippen LogP contribution in [-0.2, 0) is 0 Å². The lowest BCUT2D eigenvalue weighted by molar-refractivity contribution is 0.301. The van der Waals surface area contributed by atoms with Crippen molar-refractivity contribution in [1.82, 2.24) is 0 Å². The number of nitrogens with one attached hydrogen (secondary N) is 1. The van der Waals surface area contributed by atoms with Gasteiger partial charge in [-0.3, -0.25) is 0 Å². The molecule has 2 aromatic carbocycles. The van der Waals surface area contributed by atoms with Crippen molar-refractivity contribution < 1.29 is 9.13 Å². The molecule has 0 saturated heterocycles. The van der Waals surface area contributed by atoms with E-state index in [-0.39, 0.29) is 5.75 Å². The third-order valence-corrected chi connectivity index (χ3v) is 2.94. The molecule has 0 radical (unpaired) electrons. The summed E-state index contributed by atoms with van der Waals surface area (Å²) in [5, 5.41) is 3.76. The SMILES string of the molecule is CCCOc1cc(Nc2ccc(Cl)cc2)c(N)cc1F. The average Bonchev–Trinajstić information content (AvgIpc) is 2.43. The second-order valence-electron chi connectivity index (χ2n) is 4.35. The van der Waals surface area contributed by atoms with E-state index in [9.17, 15) is 4.39 Å². The van der Waals surface area contributed by atoms with Gasteiger partial charge in [0.25, 0.3) is 0 Å². The Morgan fingerprint density at radius 3 is 2.60 bits per heavy atom. The maximum atomic E-state index is 13.7. The minimum absolute atomic E-state index is 0.192. The Labute approximate surface area is 122 Å². The monoisotopic (exact) mass is 294 g/mol. The van der Waals surface area contributed by atoms with Gasteiger partial charge in [0.2, 0.25) is 0 Å². The van der Waals surface area contributed by atoms with Gasteiger partial charge in [0.05, 0.1) is 18.0 Å². The van der Waals surface area contributed by atoms with E-state index in [0.717, 1.165) is 12.1 Å². The van der Waals surface area contributed by atoms with Crippen LogP contribution in [0.2, 0.25) is 5.02 Å². The summed E-state index contributed by atoms with van der Waals surface area (Å²) in [6.45, 7) is 2.42. The van der Waals surface area contributed by atoms with Gasteiger partial charge in [0.15, 0.2) is 11.6 Å². The van der Waals surface area contributed by atoms with E-state index in [1.54, 1.807) is 18.2 Å². The molecule has 106 valence electrons. The summed E-state index contributed by atoms with van der Waals surface area (Å²) in [5.74, 6) is -0.268. The second kappa shape index (κ2) is 6.48. The highest BCUT2D eigenvalue weighted by Crippen LogP contribution is 2.31. The van der Waals surface area contributed by atoms with E-state index in [1.165, 1.54) is 6.07 Å². The summed E-state index contributed by atoms with van der Waals surface area (Å²) < 4.78 is 19.0. The topological polar surface area (TPSA) is 47.3 Å². The smallest absolute Gasteiger partial charge is 0.167 e. The minimum atomic E-state index is -0.461. The third-order valence-electron chi connectivity index (χ3n) is 2.69. The zero-order chi connectivity index (χ0) is 14.5. The van der Waals surface area contributed by atoms with Gasteiger partial charge in [0, 0.05) is 22.8 Å². The van der Waals surface area contributed by atoms with Gasteiger partial charge >= 0.3 is 0 Å². The maximum absolute atomic E-state index is 13.7. The first-order chi connectivity index (χ1) is 9.60. The number of nitrogen functional groups attached to an aromatic ring is 1. The van der Waals surface area contributed by atoms with Crippen LogP contribution in [0.25, 0.3) is 0 Å². The first-order valence-electron chi connectivity index (χ1n) is 6.34. The molecule has 20 heavy (non-hydrogen) atoms. The summed E-state index contributed by atoms with van der Waals surface area (Å²) in [6, 6.07) is 9.98. The predicted octanol–water partition coefficient (Wildman–Crippen LogP) is 4.59. The van der Waals surface area contributed by atoms with Crippen molar-refractivity contribution in [2.45, 2.75) is 13.3 Å². The molecular formula is C15H16ClFN2O. The first-order valence-corrected chi connectivity index (χ1v) is 6.72. The van der Waals surface area contributed by atoms with Crippen LogP contribution in [0.15, 0.2) is 36.4 Å². The second-order valence-corrected chi connectivity index (χ2v) is 4.79. The Bertz CT molecular complexity index is 587. The van der Waals surface area contributed by atoms with E-state index in [1.807, 2.05) is 19.1 Å². The van der Waals surface area contributed by atoms with Crippen molar-refractivity contribution >= 4 is 28.7 Å². The fraction of sp³-hybridized carbons (Fsp3) is 0.200. The molecular weight excluding hydrogens is 279 g/mol. The summed E-state index contributed by atoms with van der Waals surface area (Å²) in [7, 11) is 0. The number of nitrogens with two attached hydrogens (primary N) is 1. The van der Waals surface area contributed by atoms with E-state index in [2.05, 4.69) is 5.32 Å². The molecule has 0 heterocycles. The van der Waals surface area contributed by atoms with Crippen molar-refractivity contribution in [2.75, 3.05) is 17.7 Å². The Kier molecular flexibility index (Phi) is 4.69. The summed E-state index contributed by atoms with van der Waals surface area (Å²) in [4.78, 5) is 0. The fourth-order valence-corrected chi connectivity index (χ4v) is 1.81. The number of benzene rings is 2. The third kappa shape index (κ3) is 3.54. The summed E-state index contributed by atoms with van der Waals surface area (Å²) in [5.41, 5.74) is 7.54. The van der Waals surface area contributed by atoms with Crippen LogP contribution in [0.1, 0.15) is 13.3 Å². The number of ether oxygens (including phenoxy) is 1. The number of hydrogen-bond donors (Lipinski definition) is 2. The van der Waals surface area contributed by atoms with Gasteiger partial charge in [-0.25, -0.2) is 4.39 Å². The molecule has 0 aliphatic carbocycles. The number of anilines is 3. The molecule has 0 aliphatic rings. The van der Waals surface area contributed by atoms with Gasteiger partial charge in [-0.2, -0.15) is 0 Å². The van der Waals surface area contributed by atoms with Gasteiger partial charge in [-0.1, -0.05) is 18.5 Å². The van der Waals surface area contributed by atoms with Crippen LogP contribution in [0.5, 0.6) is 5.75 Å². The van der Waals surface area contributed by atoms with Crippen molar-refractivity contribution in [2.24, 2.45) is 0 Å². The first kappa shape index (κ1) is 14.5. The lowest BCUT2D eigenvalue weighted by Crippen LogP contribution is -2.02. The molecule has 0 spiro atoms. The highest BCUT2D eigenvalue weighted by atomic mass is 35.5. The van der Waals surface area contributed by atoms with Crippen LogP contribution in [0.4, 0.5) is 21.5 Å². The molecule has 0 saturated carbocycles. The lowest BCUT2D eigenvalue weighted by Gasteiger charge is -2.13. The van der Waals surface area contributed by atoms with E-state index < -0.39 is 5.82 Å². The largest absolute Gasteiger partial charge is 0.490 e. The molecule has 2 rings (SSSR count). The van der Waals surface area contributed by atoms with Crippen molar-refractivity contribution in [3.8, 4) is 5.75 Å². The average molecular weight is 295 g/mol. The molecule has 0 bridgehead atoms. The van der Waals surface area contributed by atoms with Gasteiger partial charge in [-0.15, -0.1) is 0 Å². The van der Waals surface area contributed by atoms with Gasteiger partial charge in [-0.05, 0) is 30.7 Å². The minimum Gasteiger partial charge on any atom is -0.490 e. The van der Waals surface area contributed by atoms with Gasteiger partial charge < -0.3 is 15.8 Å². The Morgan fingerprint density at radius 1 is 1.25 bits per heavy atom. The maximum Gasteiger partial charge on any atom is 0.167 e. The molecule has 0 amide bonds. The Hall–Kier alpha value is -1.94. The predicted molar refractivity (Wildman–Crippen MR) is 81.3 cm³/mol. The molecule has 5 heteroatoms.